The van der Waals surface area contributed by atoms with Gasteiger partial charge in [0.1, 0.15) is 11.1 Å². The van der Waals surface area contributed by atoms with E-state index in [-0.39, 0.29) is 24.3 Å². The van der Waals surface area contributed by atoms with Gasteiger partial charge in [-0.05, 0) is 32.8 Å². The number of aromatic nitrogens is 1. The number of hydrogen-bond acceptors (Lipinski definition) is 7. The molecule has 1 aliphatic heterocycles. The van der Waals surface area contributed by atoms with Gasteiger partial charge in [-0.15, -0.1) is 0 Å². The number of aryl methyl sites for hydroxylation is 1. The maximum atomic E-state index is 12.6. The number of nitrogens with zero attached hydrogens (tertiary/aromatic N) is 2. The number of carbonyl (C=O) groups excluding carboxylic acids is 3. The largest absolute Gasteiger partial charge is 0.472 e. The number of likely N-dealkylation sites (tertiary alicyclic amines) is 1. The normalized spacial score (nSPS) is 16.8. The zero-order chi connectivity index (χ0) is 19.4. The Morgan fingerprint density at radius 1 is 1.44 bits per heavy atom. The summed E-state index contributed by atoms with van der Waals surface area (Å²) in [6, 6.07) is 1.61. The van der Waals surface area contributed by atoms with E-state index in [1.165, 1.54) is 12.5 Å². The number of esters is 1. The molecule has 3 heterocycles. The Hall–Kier alpha value is -2.68. The summed E-state index contributed by atoms with van der Waals surface area (Å²) in [5.74, 6) is -1.12. The van der Waals surface area contributed by atoms with E-state index in [2.05, 4.69) is 10.3 Å². The van der Waals surface area contributed by atoms with Crippen LogP contribution in [0.15, 0.2) is 23.0 Å². The maximum absolute atomic E-state index is 12.6. The molecule has 27 heavy (non-hydrogen) atoms. The molecule has 9 heteroatoms. The first kappa shape index (κ1) is 19.1. The summed E-state index contributed by atoms with van der Waals surface area (Å²) in [5.41, 5.74) is 1.000. The minimum atomic E-state index is -0.442. The molecule has 1 saturated heterocycles. The second-order valence-electron chi connectivity index (χ2n) is 6.25. The summed E-state index contributed by atoms with van der Waals surface area (Å²) in [5, 5.41) is 3.13. The third kappa shape index (κ3) is 4.36. The monoisotopic (exact) mass is 391 g/mol. The van der Waals surface area contributed by atoms with Gasteiger partial charge in [0, 0.05) is 13.1 Å². The number of anilines is 1. The highest BCUT2D eigenvalue weighted by atomic mass is 32.1. The minimum Gasteiger partial charge on any atom is -0.472 e. The fourth-order valence-corrected chi connectivity index (χ4v) is 3.85. The number of rotatable bonds is 5. The van der Waals surface area contributed by atoms with Crippen LogP contribution in [0.1, 0.15) is 45.5 Å². The number of carbonyl (C=O) groups is 3. The standard InChI is InChI=1S/C18H21N3O5S/c1-3-26-17(24)14-11(2)19-18(27-14)20-15(22)12-5-4-7-21(9-12)16(23)13-6-8-25-10-13/h6,8,10,12H,3-5,7,9H2,1-2H3,(H,19,20,22)/t12-/m1/s1. The second kappa shape index (κ2) is 8.34. The Balaban J connectivity index is 1.63. The van der Waals surface area contributed by atoms with Crippen molar-refractivity contribution in [2.75, 3.05) is 25.0 Å². The number of thiazole rings is 1. The Labute approximate surface area is 160 Å². The molecule has 0 spiro atoms. The van der Waals surface area contributed by atoms with Gasteiger partial charge in [-0.25, -0.2) is 9.78 Å². The first-order valence-corrected chi connectivity index (χ1v) is 9.58. The Morgan fingerprint density at radius 3 is 2.96 bits per heavy atom. The minimum absolute atomic E-state index is 0.143. The first-order chi connectivity index (χ1) is 13.0. The Kier molecular flexibility index (Phi) is 5.90. The zero-order valence-corrected chi connectivity index (χ0v) is 16.0. The quantitative estimate of drug-likeness (QED) is 0.787. The molecule has 8 nitrogen and oxygen atoms in total. The molecule has 0 aliphatic carbocycles. The first-order valence-electron chi connectivity index (χ1n) is 8.76. The summed E-state index contributed by atoms with van der Waals surface area (Å²) >= 11 is 1.09. The highest BCUT2D eigenvalue weighted by Crippen LogP contribution is 2.25. The van der Waals surface area contributed by atoms with Gasteiger partial charge in [0.2, 0.25) is 5.91 Å². The van der Waals surface area contributed by atoms with Crippen LogP contribution in [-0.4, -0.2) is 47.4 Å². The van der Waals surface area contributed by atoms with Gasteiger partial charge in [0.25, 0.3) is 5.91 Å². The number of furan rings is 1. The summed E-state index contributed by atoms with van der Waals surface area (Å²) in [6.45, 7) is 4.66. The lowest BCUT2D eigenvalue weighted by Crippen LogP contribution is -2.43. The highest BCUT2D eigenvalue weighted by Gasteiger charge is 2.30. The Bertz CT molecular complexity index is 830. The van der Waals surface area contributed by atoms with Gasteiger partial charge in [0.05, 0.1) is 30.0 Å². The van der Waals surface area contributed by atoms with Gasteiger partial charge in [-0.1, -0.05) is 11.3 Å². The number of ether oxygens (including phenoxy) is 1. The van der Waals surface area contributed by atoms with E-state index in [1.54, 1.807) is 24.8 Å². The molecule has 0 bridgehead atoms. The van der Waals surface area contributed by atoms with Crippen LogP contribution in [0, 0.1) is 12.8 Å². The van der Waals surface area contributed by atoms with Crippen LogP contribution in [0.5, 0.6) is 0 Å². The molecule has 0 aromatic carbocycles. The number of amides is 2. The molecule has 2 aromatic heterocycles. The summed E-state index contributed by atoms with van der Waals surface area (Å²) in [7, 11) is 0. The maximum Gasteiger partial charge on any atom is 0.350 e. The zero-order valence-electron chi connectivity index (χ0n) is 15.2. The van der Waals surface area contributed by atoms with Crippen LogP contribution in [0.25, 0.3) is 0 Å². The van der Waals surface area contributed by atoms with Crippen LogP contribution in [0.3, 0.4) is 0 Å². The Morgan fingerprint density at radius 2 is 2.26 bits per heavy atom. The summed E-state index contributed by atoms with van der Waals surface area (Å²) < 4.78 is 9.94. The van der Waals surface area contributed by atoms with Gasteiger partial charge >= 0.3 is 5.97 Å². The van der Waals surface area contributed by atoms with E-state index in [0.717, 1.165) is 17.8 Å². The number of hydrogen-bond donors (Lipinski definition) is 1. The van der Waals surface area contributed by atoms with Gasteiger partial charge in [-0.3, -0.25) is 9.59 Å². The van der Waals surface area contributed by atoms with E-state index in [1.807, 2.05) is 0 Å². The lowest BCUT2D eigenvalue weighted by molar-refractivity contribution is -0.121. The van der Waals surface area contributed by atoms with E-state index in [4.69, 9.17) is 9.15 Å². The molecular formula is C18H21N3O5S. The highest BCUT2D eigenvalue weighted by molar-refractivity contribution is 7.17. The fourth-order valence-electron chi connectivity index (χ4n) is 2.99. The van der Waals surface area contributed by atoms with Crippen LogP contribution in [0.2, 0.25) is 0 Å². The molecule has 1 N–H and O–H groups in total. The van der Waals surface area contributed by atoms with Gasteiger partial charge < -0.3 is 19.4 Å². The lowest BCUT2D eigenvalue weighted by atomic mass is 9.97. The predicted octanol–water partition coefficient (Wildman–Crippen LogP) is 2.71. The third-order valence-electron chi connectivity index (χ3n) is 4.34. The summed E-state index contributed by atoms with van der Waals surface area (Å²) in [4.78, 5) is 43.2. The predicted molar refractivity (Wildman–Crippen MR) is 98.8 cm³/mol. The fraction of sp³-hybridized carbons (Fsp3) is 0.444. The van der Waals surface area contributed by atoms with Crippen molar-refractivity contribution < 1.29 is 23.5 Å². The topological polar surface area (TPSA) is 102 Å². The van der Waals surface area contributed by atoms with Crippen molar-refractivity contribution in [3.05, 3.63) is 34.7 Å². The van der Waals surface area contributed by atoms with Crippen molar-refractivity contribution in [2.24, 2.45) is 5.92 Å². The van der Waals surface area contributed by atoms with E-state index >= 15 is 0 Å². The average molecular weight is 391 g/mol. The van der Waals surface area contributed by atoms with Gasteiger partial charge in [-0.2, -0.15) is 0 Å². The smallest absolute Gasteiger partial charge is 0.350 e. The molecule has 0 saturated carbocycles. The van der Waals surface area contributed by atoms with Crippen LogP contribution < -0.4 is 5.32 Å². The summed E-state index contributed by atoms with van der Waals surface area (Å²) in [6.07, 6.45) is 4.29. The van der Waals surface area contributed by atoms with Crippen LogP contribution >= 0.6 is 11.3 Å². The van der Waals surface area contributed by atoms with Crippen LogP contribution in [0.4, 0.5) is 5.13 Å². The number of piperidine rings is 1. The van der Waals surface area contributed by atoms with E-state index < -0.39 is 5.97 Å². The van der Waals surface area contributed by atoms with E-state index in [0.29, 0.717) is 40.8 Å². The van der Waals surface area contributed by atoms with Crippen molar-refractivity contribution in [1.29, 1.82) is 0 Å². The number of nitrogens with one attached hydrogen (secondary N) is 1. The van der Waals surface area contributed by atoms with Gasteiger partial charge in [0.15, 0.2) is 5.13 Å². The molecule has 144 valence electrons. The molecule has 2 aromatic rings. The SMILES string of the molecule is CCOC(=O)c1sc(NC(=O)[C@@H]2CCCN(C(=O)c3ccoc3)C2)nc1C. The molecule has 1 atom stereocenters. The molecule has 3 rings (SSSR count). The molecule has 2 amide bonds. The van der Waals surface area contributed by atoms with Crippen molar-refractivity contribution in [3.8, 4) is 0 Å². The molecular weight excluding hydrogens is 370 g/mol. The molecule has 0 unspecified atom stereocenters. The molecule has 0 radical (unpaired) electrons. The van der Waals surface area contributed by atoms with Crippen molar-refractivity contribution in [2.45, 2.75) is 26.7 Å². The second-order valence-corrected chi connectivity index (χ2v) is 7.24. The van der Waals surface area contributed by atoms with Crippen molar-refractivity contribution >= 4 is 34.3 Å². The lowest BCUT2D eigenvalue weighted by Gasteiger charge is -2.31. The average Bonchev–Trinajstić information content (AvgIpc) is 3.31. The van der Waals surface area contributed by atoms with Crippen molar-refractivity contribution in [3.63, 3.8) is 0 Å². The van der Waals surface area contributed by atoms with Crippen molar-refractivity contribution in [1.82, 2.24) is 9.88 Å². The van der Waals surface area contributed by atoms with Crippen LogP contribution in [-0.2, 0) is 9.53 Å². The third-order valence-corrected chi connectivity index (χ3v) is 5.39. The van der Waals surface area contributed by atoms with E-state index in [9.17, 15) is 14.4 Å². The molecule has 1 fully saturated rings. The molecule has 1 aliphatic rings.